The molecule has 2 aromatic rings. The molecule has 21 heavy (non-hydrogen) atoms. The van der Waals surface area contributed by atoms with Gasteiger partial charge in [0.15, 0.2) is 5.58 Å². The highest BCUT2D eigenvalue weighted by molar-refractivity contribution is 5.77. The van der Waals surface area contributed by atoms with Crippen molar-refractivity contribution in [2.24, 2.45) is 0 Å². The lowest BCUT2D eigenvalue weighted by Crippen LogP contribution is -2.36. The van der Waals surface area contributed by atoms with Crippen LogP contribution in [0.3, 0.4) is 0 Å². The average Bonchev–Trinajstić information content (AvgIpc) is 2.85. The van der Waals surface area contributed by atoms with E-state index in [2.05, 4.69) is 10.3 Å². The van der Waals surface area contributed by atoms with Gasteiger partial charge in [0, 0.05) is 12.5 Å². The van der Waals surface area contributed by atoms with Gasteiger partial charge in [-0.25, -0.2) is 4.79 Å². The number of benzene rings is 1. The van der Waals surface area contributed by atoms with E-state index in [0.717, 1.165) is 18.4 Å². The van der Waals surface area contributed by atoms with Crippen LogP contribution in [0, 0.1) is 0 Å². The molecular weight excluding hydrogens is 268 g/mol. The number of carbonyl (C=O) groups excluding carboxylic acids is 1. The number of aryl methyl sites for hydroxylation is 1. The second-order valence-corrected chi connectivity index (χ2v) is 5.75. The number of nitrogens with one attached hydrogen (secondary N) is 2. The molecule has 1 fully saturated rings. The van der Waals surface area contributed by atoms with Crippen LogP contribution in [0.4, 0.5) is 0 Å². The molecular formula is C16H20N2O3. The van der Waals surface area contributed by atoms with Crippen molar-refractivity contribution in [3.05, 3.63) is 34.3 Å². The molecule has 3 rings (SSSR count). The number of amides is 1. The number of carbonyl (C=O) groups is 1. The zero-order chi connectivity index (χ0) is 14.7. The molecule has 1 aromatic carbocycles. The smallest absolute Gasteiger partial charge is 0.408 e. The molecule has 0 saturated heterocycles. The van der Waals surface area contributed by atoms with Crippen LogP contribution in [-0.2, 0) is 11.2 Å². The fourth-order valence-electron chi connectivity index (χ4n) is 2.96. The zero-order valence-electron chi connectivity index (χ0n) is 12.0. The van der Waals surface area contributed by atoms with Gasteiger partial charge in [-0.2, -0.15) is 0 Å². The Kier molecular flexibility index (Phi) is 4.08. The minimum atomic E-state index is -0.447. The van der Waals surface area contributed by atoms with Crippen molar-refractivity contribution >= 4 is 17.0 Å². The van der Waals surface area contributed by atoms with Gasteiger partial charge in [-0.1, -0.05) is 25.3 Å². The van der Waals surface area contributed by atoms with E-state index in [-0.39, 0.29) is 5.91 Å². The van der Waals surface area contributed by atoms with E-state index in [1.807, 2.05) is 12.1 Å². The summed E-state index contributed by atoms with van der Waals surface area (Å²) >= 11 is 0. The van der Waals surface area contributed by atoms with Crippen LogP contribution >= 0.6 is 0 Å². The van der Waals surface area contributed by atoms with Crippen LogP contribution in [0.15, 0.2) is 27.4 Å². The van der Waals surface area contributed by atoms with E-state index in [0.29, 0.717) is 30.0 Å². The molecule has 1 saturated carbocycles. The second-order valence-electron chi connectivity index (χ2n) is 5.75. The van der Waals surface area contributed by atoms with Crippen LogP contribution < -0.4 is 11.1 Å². The Hall–Kier alpha value is -2.04. The summed E-state index contributed by atoms with van der Waals surface area (Å²) in [6.45, 7) is 0. The molecule has 1 aliphatic rings. The van der Waals surface area contributed by atoms with Crippen molar-refractivity contribution in [2.45, 2.75) is 51.0 Å². The highest BCUT2D eigenvalue weighted by Gasteiger charge is 2.15. The molecule has 0 bridgehead atoms. The van der Waals surface area contributed by atoms with E-state index in [4.69, 9.17) is 4.42 Å². The lowest BCUT2D eigenvalue weighted by Gasteiger charge is -2.22. The molecule has 1 heterocycles. The van der Waals surface area contributed by atoms with Crippen LogP contribution in [0.5, 0.6) is 0 Å². The van der Waals surface area contributed by atoms with Crippen molar-refractivity contribution in [1.29, 1.82) is 0 Å². The van der Waals surface area contributed by atoms with Crippen molar-refractivity contribution in [3.63, 3.8) is 0 Å². The first kappa shape index (κ1) is 13.9. The third kappa shape index (κ3) is 3.54. The summed E-state index contributed by atoms with van der Waals surface area (Å²) in [7, 11) is 0. The Morgan fingerprint density at radius 1 is 1.29 bits per heavy atom. The van der Waals surface area contributed by atoms with Gasteiger partial charge >= 0.3 is 5.76 Å². The van der Waals surface area contributed by atoms with Crippen molar-refractivity contribution < 1.29 is 9.21 Å². The summed E-state index contributed by atoms with van der Waals surface area (Å²) in [5, 5.41) is 3.12. The Morgan fingerprint density at radius 3 is 2.90 bits per heavy atom. The van der Waals surface area contributed by atoms with Gasteiger partial charge in [0.05, 0.1) is 5.52 Å². The van der Waals surface area contributed by atoms with Gasteiger partial charge in [-0.15, -0.1) is 0 Å². The molecule has 0 unspecified atom stereocenters. The first-order valence-electron chi connectivity index (χ1n) is 7.62. The van der Waals surface area contributed by atoms with Gasteiger partial charge in [0.25, 0.3) is 0 Å². The molecule has 1 amide bonds. The fraction of sp³-hybridized carbons (Fsp3) is 0.500. The molecule has 5 nitrogen and oxygen atoms in total. The summed E-state index contributed by atoms with van der Waals surface area (Å²) in [6.07, 6.45) is 7.08. The highest BCUT2D eigenvalue weighted by Crippen LogP contribution is 2.18. The maximum atomic E-state index is 12.0. The Balaban J connectivity index is 1.55. The van der Waals surface area contributed by atoms with Crippen LogP contribution in [0.2, 0.25) is 0 Å². The number of aromatic nitrogens is 1. The number of H-pyrrole nitrogens is 1. The number of hydrogen-bond donors (Lipinski definition) is 2. The maximum Gasteiger partial charge on any atom is 0.417 e. The maximum absolute atomic E-state index is 12.0. The predicted octanol–water partition coefficient (Wildman–Crippen LogP) is 2.50. The largest absolute Gasteiger partial charge is 0.417 e. The van der Waals surface area contributed by atoms with Gasteiger partial charge in [-0.3, -0.25) is 9.78 Å². The predicted molar refractivity (Wildman–Crippen MR) is 80.2 cm³/mol. The number of rotatable bonds is 4. The number of aromatic amines is 1. The van der Waals surface area contributed by atoms with E-state index >= 15 is 0 Å². The molecule has 2 N–H and O–H groups in total. The number of fused-ring (bicyclic) bond motifs is 1. The third-order valence-electron chi connectivity index (χ3n) is 4.09. The average molecular weight is 288 g/mol. The van der Waals surface area contributed by atoms with Crippen LogP contribution in [-0.4, -0.2) is 16.9 Å². The second kappa shape index (κ2) is 6.16. The summed E-state index contributed by atoms with van der Waals surface area (Å²) in [4.78, 5) is 25.7. The first-order chi connectivity index (χ1) is 10.2. The normalized spacial score (nSPS) is 16.2. The van der Waals surface area contributed by atoms with E-state index < -0.39 is 5.76 Å². The van der Waals surface area contributed by atoms with E-state index in [9.17, 15) is 9.59 Å². The summed E-state index contributed by atoms with van der Waals surface area (Å²) < 4.78 is 4.96. The highest BCUT2D eigenvalue weighted by atomic mass is 16.4. The standard InChI is InChI=1S/C16H20N2O3/c19-15(17-12-4-2-1-3-5-12)9-7-11-6-8-14-13(10-11)18-16(20)21-14/h6,8,10,12H,1-5,7,9H2,(H,17,19)(H,18,20). The number of oxazole rings is 1. The lowest BCUT2D eigenvalue weighted by atomic mass is 9.95. The van der Waals surface area contributed by atoms with Crippen molar-refractivity contribution in [3.8, 4) is 0 Å². The zero-order valence-corrected chi connectivity index (χ0v) is 12.0. The SMILES string of the molecule is O=C(CCc1ccc2oc(=O)[nH]c2c1)NC1CCCCC1. The minimum absolute atomic E-state index is 0.114. The lowest BCUT2D eigenvalue weighted by molar-refractivity contribution is -0.121. The molecule has 1 aliphatic carbocycles. The first-order valence-corrected chi connectivity index (χ1v) is 7.62. The van der Waals surface area contributed by atoms with Gasteiger partial charge in [-0.05, 0) is 37.0 Å². The van der Waals surface area contributed by atoms with Gasteiger partial charge < -0.3 is 9.73 Å². The Bertz CT molecular complexity index is 680. The minimum Gasteiger partial charge on any atom is -0.408 e. The molecule has 0 aliphatic heterocycles. The van der Waals surface area contributed by atoms with Gasteiger partial charge in [0.1, 0.15) is 0 Å². The Labute approximate surface area is 122 Å². The monoisotopic (exact) mass is 288 g/mol. The summed E-state index contributed by atoms with van der Waals surface area (Å²) in [5.74, 6) is -0.333. The molecule has 5 heteroatoms. The summed E-state index contributed by atoms with van der Waals surface area (Å²) in [5.41, 5.74) is 2.26. The van der Waals surface area contributed by atoms with Gasteiger partial charge in [0.2, 0.25) is 5.91 Å². The fourth-order valence-corrected chi connectivity index (χ4v) is 2.96. The van der Waals surface area contributed by atoms with Crippen molar-refractivity contribution in [2.75, 3.05) is 0 Å². The third-order valence-corrected chi connectivity index (χ3v) is 4.09. The molecule has 0 atom stereocenters. The molecule has 112 valence electrons. The Morgan fingerprint density at radius 2 is 2.10 bits per heavy atom. The molecule has 0 spiro atoms. The number of hydrogen-bond acceptors (Lipinski definition) is 3. The summed E-state index contributed by atoms with van der Waals surface area (Å²) in [6, 6.07) is 5.89. The quantitative estimate of drug-likeness (QED) is 0.907. The molecule has 1 aromatic heterocycles. The van der Waals surface area contributed by atoms with Crippen LogP contribution in [0.1, 0.15) is 44.1 Å². The van der Waals surface area contributed by atoms with E-state index in [1.165, 1.54) is 19.3 Å². The molecule has 0 radical (unpaired) electrons. The topological polar surface area (TPSA) is 75.1 Å². The van der Waals surface area contributed by atoms with Crippen molar-refractivity contribution in [1.82, 2.24) is 10.3 Å². The van der Waals surface area contributed by atoms with Crippen LogP contribution in [0.25, 0.3) is 11.1 Å². The van der Waals surface area contributed by atoms with E-state index in [1.54, 1.807) is 6.07 Å².